The standard InChI is InChI=1S/C14H16Cl9F13Si4/c15-38(16,17)6-3-37(4-7-39(18,19)20,5-8-40(21,22)23)14(35,36)13(33,34)12(31,32)11(29,30)9(24,25)1-2-10(26,27)28/h1-8H2. The van der Waals surface area contributed by atoms with Crippen LogP contribution in [0, 0.1) is 0 Å². The average Bonchev–Trinajstić information content (AvgIpc) is 2.68. The van der Waals surface area contributed by atoms with Crippen LogP contribution in [0.2, 0.25) is 36.3 Å². The molecular weight excluding hydrogens is 847 g/mol. The van der Waals surface area contributed by atoms with Gasteiger partial charge in [-0.3, -0.25) is 0 Å². The topological polar surface area (TPSA) is 0 Å². The van der Waals surface area contributed by atoms with E-state index in [-0.39, 0.29) is 0 Å². The third kappa shape index (κ3) is 11.1. The van der Waals surface area contributed by atoms with E-state index in [1.54, 1.807) is 0 Å². The fraction of sp³-hybridized carbons (Fsp3) is 1.00. The molecular formula is C14H16Cl9F13Si4. The van der Waals surface area contributed by atoms with Crippen molar-refractivity contribution in [3.05, 3.63) is 0 Å². The molecule has 26 heteroatoms. The van der Waals surface area contributed by atoms with Crippen molar-refractivity contribution in [2.45, 2.75) is 84.5 Å². The van der Waals surface area contributed by atoms with E-state index in [1.807, 2.05) is 0 Å². The molecule has 0 aliphatic heterocycles. The van der Waals surface area contributed by atoms with Crippen LogP contribution in [-0.4, -0.2) is 61.5 Å². The highest BCUT2D eigenvalue weighted by atomic mass is 35.9. The molecule has 0 bridgehead atoms. The van der Waals surface area contributed by atoms with Crippen LogP contribution in [0.15, 0.2) is 0 Å². The molecule has 0 aliphatic rings. The molecule has 0 fully saturated rings. The van der Waals surface area contributed by atoms with Crippen LogP contribution in [0.3, 0.4) is 0 Å². The van der Waals surface area contributed by atoms with Gasteiger partial charge in [0.15, 0.2) is 0 Å². The van der Waals surface area contributed by atoms with Crippen molar-refractivity contribution in [2.24, 2.45) is 0 Å². The molecule has 0 nitrogen and oxygen atoms in total. The Labute approximate surface area is 265 Å². The van der Waals surface area contributed by atoms with Crippen molar-refractivity contribution in [1.29, 1.82) is 0 Å². The van der Waals surface area contributed by atoms with E-state index in [2.05, 4.69) is 0 Å². The van der Waals surface area contributed by atoms with E-state index in [9.17, 15) is 39.5 Å². The summed E-state index contributed by atoms with van der Waals surface area (Å²) in [7, 11) is -5.76. The Morgan fingerprint density at radius 1 is 0.375 bits per heavy atom. The fourth-order valence-electron chi connectivity index (χ4n) is 3.40. The van der Waals surface area contributed by atoms with Gasteiger partial charge in [-0.05, 0) is 18.1 Å². The second kappa shape index (κ2) is 13.7. The van der Waals surface area contributed by atoms with Crippen molar-refractivity contribution in [3.63, 3.8) is 0 Å². The van der Waals surface area contributed by atoms with Gasteiger partial charge in [0.1, 0.15) is 8.07 Å². The van der Waals surface area contributed by atoms with Crippen molar-refractivity contribution in [1.82, 2.24) is 0 Å². The van der Waals surface area contributed by atoms with E-state index in [1.165, 1.54) is 0 Å². The molecule has 0 aliphatic carbocycles. The fourth-order valence-corrected chi connectivity index (χ4v) is 22.7. The zero-order chi connectivity index (χ0) is 32.7. The zero-order valence-electron chi connectivity index (χ0n) is 19.0. The van der Waals surface area contributed by atoms with Crippen LogP contribution in [0.4, 0.5) is 57.1 Å². The van der Waals surface area contributed by atoms with Gasteiger partial charge in [-0.2, -0.15) is 48.3 Å². The summed E-state index contributed by atoms with van der Waals surface area (Å²) in [5.74, 6) is -28.9. The number of halogens is 22. The van der Waals surface area contributed by atoms with E-state index < -0.39 is 111 Å². The van der Waals surface area contributed by atoms with Crippen LogP contribution in [0.1, 0.15) is 12.8 Å². The first-order chi connectivity index (χ1) is 17.1. The maximum absolute atomic E-state index is 15.8. The summed E-state index contributed by atoms with van der Waals surface area (Å²) in [6.45, 7) is 0. The van der Waals surface area contributed by atoms with Crippen molar-refractivity contribution >= 4 is 126 Å². The van der Waals surface area contributed by atoms with E-state index >= 15 is 17.6 Å². The molecule has 0 saturated heterocycles. The highest BCUT2D eigenvalue weighted by Crippen LogP contribution is 2.62. The Hall–Kier alpha value is 2.57. The minimum Gasteiger partial charge on any atom is -0.205 e. The monoisotopic (exact) mass is 858 g/mol. The van der Waals surface area contributed by atoms with Gasteiger partial charge in [0.2, 0.25) is 0 Å². The minimum atomic E-state index is -7.64. The van der Waals surface area contributed by atoms with Crippen molar-refractivity contribution < 1.29 is 57.1 Å². The normalized spacial score (nSPS) is 16.1. The number of rotatable bonds is 16. The van der Waals surface area contributed by atoms with Crippen LogP contribution in [0.5, 0.6) is 0 Å². The third-order valence-corrected chi connectivity index (χ3v) is 20.0. The zero-order valence-corrected chi connectivity index (χ0v) is 29.8. The van der Waals surface area contributed by atoms with E-state index in [0.29, 0.717) is 0 Å². The third-order valence-electron chi connectivity index (χ3n) is 5.69. The lowest BCUT2D eigenvalue weighted by atomic mass is 9.95. The highest BCUT2D eigenvalue weighted by Gasteiger charge is 2.88. The summed E-state index contributed by atoms with van der Waals surface area (Å²) in [6, 6.07) is -19.0. The quantitative estimate of drug-likeness (QED) is 0.0824. The Kier molecular flexibility index (Phi) is 14.6. The summed E-state index contributed by atoms with van der Waals surface area (Å²) in [6.07, 6.45) is -11.6. The second-order valence-electron chi connectivity index (χ2n) is 8.74. The molecule has 0 N–H and O–H groups in total. The molecule has 0 rings (SSSR count). The average molecular weight is 863 g/mol. The lowest BCUT2D eigenvalue weighted by molar-refractivity contribution is -0.393. The Morgan fingerprint density at radius 3 is 0.925 bits per heavy atom. The Balaban J connectivity index is 7.14. The molecule has 0 unspecified atom stereocenters. The number of alkyl halides is 13. The van der Waals surface area contributed by atoms with Gasteiger partial charge in [0.25, 0.3) is 5.55 Å². The molecule has 242 valence electrons. The Morgan fingerprint density at radius 2 is 0.675 bits per heavy atom. The summed E-state index contributed by atoms with van der Waals surface area (Å²) in [5, 5.41) is 0. The lowest BCUT2D eigenvalue weighted by Crippen LogP contribution is -2.73. The largest absolute Gasteiger partial charge is 0.389 e. The Bertz CT molecular complexity index is 797. The van der Waals surface area contributed by atoms with Gasteiger partial charge in [0, 0.05) is 12.8 Å². The molecule has 0 aromatic heterocycles. The van der Waals surface area contributed by atoms with Crippen LogP contribution in [-0.2, 0) is 0 Å². The predicted octanol–water partition coefficient (Wildman–Crippen LogP) is 12.5. The summed E-state index contributed by atoms with van der Waals surface area (Å²) in [5.41, 5.74) is -6.29. The molecule has 0 aromatic carbocycles. The molecule has 0 aromatic rings. The first-order valence-corrected chi connectivity index (χ1v) is 28.6. The summed E-state index contributed by atoms with van der Waals surface area (Å²) in [4.78, 5) is 0. The van der Waals surface area contributed by atoms with Crippen molar-refractivity contribution in [2.75, 3.05) is 0 Å². The van der Waals surface area contributed by atoms with Gasteiger partial charge in [-0.1, -0.05) is 18.1 Å². The minimum absolute atomic E-state index is 0.956. The SMILES string of the molecule is FC(F)(F)CCC(F)(F)C(F)(F)C(F)(F)C(F)(F)C(F)(F)[Si](CC[Si](Cl)(Cl)Cl)(CC[Si](Cl)(Cl)Cl)CC[Si](Cl)(Cl)Cl. The van der Waals surface area contributed by atoms with E-state index in [0.717, 1.165) is 0 Å². The summed E-state index contributed by atoms with van der Waals surface area (Å²) < 4.78 is 184. The van der Waals surface area contributed by atoms with Gasteiger partial charge in [0.05, 0.1) is 0 Å². The van der Waals surface area contributed by atoms with Gasteiger partial charge >= 0.3 is 47.9 Å². The second-order valence-corrected chi connectivity index (χ2v) is 41.3. The summed E-state index contributed by atoms with van der Waals surface area (Å²) >= 11 is 50.8. The molecule has 0 heterocycles. The number of hydrogen-bond donors (Lipinski definition) is 0. The first-order valence-electron chi connectivity index (χ1n) is 10.2. The van der Waals surface area contributed by atoms with Crippen molar-refractivity contribution in [3.8, 4) is 0 Å². The first kappa shape index (κ1) is 42.6. The molecule has 0 spiro atoms. The van der Waals surface area contributed by atoms with E-state index in [4.69, 9.17) is 99.7 Å². The molecule has 0 atom stereocenters. The molecule has 40 heavy (non-hydrogen) atoms. The van der Waals surface area contributed by atoms with Crippen LogP contribution < -0.4 is 0 Å². The predicted molar refractivity (Wildman–Crippen MR) is 145 cm³/mol. The maximum Gasteiger partial charge on any atom is 0.389 e. The smallest absolute Gasteiger partial charge is 0.205 e. The number of hydrogen-bond acceptors (Lipinski definition) is 0. The van der Waals surface area contributed by atoms with Gasteiger partial charge in [-0.15, -0.1) is 99.7 Å². The lowest BCUT2D eigenvalue weighted by Gasteiger charge is -2.47. The highest BCUT2D eigenvalue weighted by molar-refractivity contribution is 7.66. The van der Waals surface area contributed by atoms with Gasteiger partial charge in [-0.25, -0.2) is 8.78 Å². The van der Waals surface area contributed by atoms with Crippen LogP contribution in [0.25, 0.3) is 0 Å². The maximum atomic E-state index is 15.8. The van der Waals surface area contributed by atoms with Gasteiger partial charge < -0.3 is 0 Å². The van der Waals surface area contributed by atoms with Crippen LogP contribution >= 0.6 is 99.7 Å². The molecule has 0 amide bonds. The molecule has 0 radical (unpaired) electrons. The molecule has 0 saturated carbocycles.